The van der Waals surface area contributed by atoms with E-state index in [0.29, 0.717) is 0 Å². The number of fused-ring (bicyclic) bond motifs is 1. The van der Waals surface area contributed by atoms with Crippen molar-refractivity contribution >= 4 is 11.7 Å². The number of hydrogen-bond donors (Lipinski definition) is 2. The van der Waals surface area contributed by atoms with Crippen LogP contribution in [0.5, 0.6) is 0 Å². The van der Waals surface area contributed by atoms with E-state index in [0.717, 1.165) is 21.5 Å². The van der Waals surface area contributed by atoms with Crippen LogP contribution in [0.4, 0.5) is 19.0 Å². The maximum absolute atomic E-state index is 13.7. The number of nitrogens with one attached hydrogen (secondary N) is 2. The number of rotatable bonds is 4. The SMILES string of the molecule is Cc1c(CNC(=O)c2cc3n(n2)[C@H](C(F)(F)F)C[C@H](c2ccccc2)N3)cnn1C. The van der Waals surface area contributed by atoms with Gasteiger partial charge in [-0.2, -0.15) is 23.4 Å². The van der Waals surface area contributed by atoms with Crippen LogP contribution in [0.3, 0.4) is 0 Å². The number of carbonyl (C=O) groups is 1. The molecule has 10 heteroatoms. The van der Waals surface area contributed by atoms with Crippen LogP contribution in [0.25, 0.3) is 0 Å². The van der Waals surface area contributed by atoms with Gasteiger partial charge in [0.15, 0.2) is 11.7 Å². The van der Waals surface area contributed by atoms with E-state index in [1.54, 1.807) is 42.2 Å². The molecule has 3 heterocycles. The van der Waals surface area contributed by atoms with Gasteiger partial charge in [-0.05, 0) is 12.5 Å². The molecule has 0 aliphatic carbocycles. The third-order valence-electron chi connectivity index (χ3n) is 5.40. The minimum atomic E-state index is -4.49. The van der Waals surface area contributed by atoms with E-state index in [1.807, 2.05) is 13.0 Å². The Morgan fingerprint density at radius 1 is 1.30 bits per heavy atom. The highest BCUT2D eigenvalue weighted by Crippen LogP contribution is 2.43. The molecule has 0 bridgehead atoms. The molecule has 1 aliphatic rings. The van der Waals surface area contributed by atoms with Gasteiger partial charge in [0.05, 0.1) is 12.2 Å². The van der Waals surface area contributed by atoms with E-state index < -0.39 is 24.2 Å². The Bertz CT molecular complexity index is 1060. The normalized spacial score (nSPS) is 18.6. The van der Waals surface area contributed by atoms with E-state index in [4.69, 9.17) is 0 Å². The molecule has 0 saturated heterocycles. The fourth-order valence-electron chi connectivity index (χ4n) is 3.57. The largest absolute Gasteiger partial charge is 0.410 e. The number of alkyl halides is 3. The number of benzene rings is 1. The van der Waals surface area contributed by atoms with Crippen molar-refractivity contribution in [3.63, 3.8) is 0 Å². The molecule has 4 rings (SSSR count). The Balaban J connectivity index is 1.57. The second-order valence-corrected chi connectivity index (χ2v) is 7.32. The Morgan fingerprint density at radius 2 is 2.03 bits per heavy atom. The molecule has 2 aromatic heterocycles. The second kappa shape index (κ2) is 7.51. The third kappa shape index (κ3) is 3.77. The first kappa shape index (κ1) is 20.0. The van der Waals surface area contributed by atoms with Crippen molar-refractivity contribution in [2.75, 3.05) is 5.32 Å². The number of nitrogens with zero attached hydrogens (tertiary/aromatic N) is 4. The predicted molar refractivity (Wildman–Crippen MR) is 104 cm³/mol. The smallest absolute Gasteiger partial charge is 0.363 e. The van der Waals surface area contributed by atoms with Crippen molar-refractivity contribution in [1.29, 1.82) is 0 Å². The number of aryl methyl sites for hydroxylation is 1. The Kier molecular flexibility index (Phi) is 5.00. The zero-order chi connectivity index (χ0) is 21.5. The number of aromatic nitrogens is 4. The molecule has 1 aliphatic heterocycles. The molecule has 2 atom stereocenters. The van der Waals surface area contributed by atoms with Crippen LogP contribution in [0.1, 0.15) is 45.8 Å². The van der Waals surface area contributed by atoms with Crippen LogP contribution in [0, 0.1) is 6.92 Å². The lowest BCUT2D eigenvalue weighted by Gasteiger charge is -2.33. The van der Waals surface area contributed by atoms with Crippen LogP contribution >= 0.6 is 0 Å². The van der Waals surface area contributed by atoms with Gasteiger partial charge in [0.2, 0.25) is 0 Å². The van der Waals surface area contributed by atoms with Crippen molar-refractivity contribution < 1.29 is 18.0 Å². The van der Waals surface area contributed by atoms with Crippen LogP contribution in [-0.4, -0.2) is 31.6 Å². The summed E-state index contributed by atoms with van der Waals surface area (Å²) >= 11 is 0. The molecule has 7 nitrogen and oxygen atoms in total. The minimum Gasteiger partial charge on any atom is -0.363 e. The molecule has 3 aromatic rings. The standard InChI is InChI=1S/C20H21F3N6O/c1-12-14(11-25-28(12)2)10-24-19(30)16-9-18-26-15(13-6-4-3-5-7-13)8-17(20(21,22)23)29(18)27-16/h3-7,9,11,15,17,26H,8,10H2,1-2H3,(H,24,30)/t15-,17+/m1/s1. The molecule has 0 saturated carbocycles. The van der Waals surface area contributed by atoms with E-state index in [9.17, 15) is 18.0 Å². The molecule has 0 fully saturated rings. The van der Waals surface area contributed by atoms with Gasteiger partial charge in [-0.1, -0.05) is 30.3 Å². The van der Waals surface area contributed by atoms with Crippen molar-refractivity contribution in [3.05, 3.63) is 65.1 Å². The Hall–Kier alpha value is -3.30. The number of hydrogen-bond acceptors (Lipinski definition) is 4. The quantitative estimate of drug-likeness (QED) is 0.680. The van der Waals surface area contributed by atoms with Crippen molar-refractivity contribution in [1.82, 2.24) is 24.9 Å². The highest BCUT2D eigenvalue weighted by molar-refractivity contribution is 5.93. The number of carbonyl (C=O) groups excluding carboxylic acids is 1. The number of anilines is 1. The average Bonchev–Trinajstić information content (AvgIpc) is 3.29. The van der Waals surface area contributed by atoms with Crippen molar-refractivity contribution in [2.24, 2.45) is 7.05 Å². The average molecular weight is 418 g/mol. The summed E-state index contributed by atoms with van der Waals surface area (Å²) in [4.78, 5) is 12.5. The van der Waals surface area contributed by atoms with E-state index in [-0.39, 0.29) is 24.5 Å². The topological polar surface area (TPSA) is 76.8 Å². The molecule has 1 amide bonds. The lowest BCUT2D eigenvalue weighted by atomic mass is 9.97. The Morgan fingerprint density at radius 3 is 2.67 bits per heavy atom. The fraction of sp³-hybridized carbons (Fsp3) is 0.350. The first-order chi connectivity index (χ1) is 14.2. The number of halogens is 3. The summed E-state index contributed by atoms with van der Waals surface area (Å²) in [6, 6.07) is 7.94. The third-order valence-corrected chi connectivity index (χ3v) is 5.40. The van der Waals surface area contributed by atoms with Gasteiger partial charge in [-0.3, -0.25) is 9.48 Å². The van der Waals surface area contributed by atoms with Gasteiger partial charge in [0.25, 0.3) is 5.91 Å². The monoisotopic (exact) mass is 418 g/mol. The van der Waals surface area contributed by atoms with Gasteiger partial charge in [-0.15, -0.1) is 0 Å². The zero-order valence-electron chi connectivity index (χ0n) is 16.4. The summed E-state index contributed by atoms with van der Waals surface area (Å²) in [5, 5.41) is 13.9. The molecular formula is C20H21F3N6O. The zero-order valence-corrected chi connectivity index (χ0v) is 16.4. The maximum Gasteiger partial charge on any atom is 0.410 e. The van der Waals surface area contributed by atoms with Crippen molar-refractivity contribution in [3.8, 4) is 0 Å². The summed E-state index contributed by atoms with van der Waals surface area (Å²) in [5.74, 6) is -0.376. The molecule has 0 spiro atoms. The highest BCUT2D eigenvalue weighted by atomic mass is 19.4. The Labute approximate surface area is 170 Å². The lowest BCUT2D eigenvalue weighted by molar-refractivity contribution is -0.173. The summed E-state index contributed by atoms with van der Waals surface area (Å²) < 4.78 is 43.8. The van der Waals surface area contributed by atoms with E-state index in [1.165, 1.54) is 6.07 Å². The molecule has 2 N–H and O–H groups in total. The van der Waals surface area contributed by atoms with Crippen LogP contribution < -0.4 is 10.6 Å². The van der Waals surface area contributed by atoms with Gasteiger partial charge >= 0.3 is 6.18 Å². The fourth-order valence-corrected chi connectivity index (χ4v) is 3.57. The molecule has 1 aromatic carbocycles. The van der Waals surface area contributed by atoms with Crippen LogP contribution in [-0.2, 0) is 13.6 Å². The van der Waals surface area contributed by atoms with E-state index >= 15 is 0 Å². The second-order valence-electron chi connectivity index (χ2n) is 7.32. The molecule has 158 valence electrons. The highest BCUT2D eigenvalue weighted by Gasteiger charge is 2.46. The van der Waals surface area contributed by atoms with Crippen LogP contribution in [0.2, 0.25) is 0 Å². The van der Waals surface area contributed by atoms with Gasteiger partial charge in [-0.25, -0.2) is 4.68 Å². The van der Waals surface area contributed by atoms with Gasteiger partial charge in [0, 0.05) is 37.3 Å². The maximum atomic E-state index is 13.7. The van der Waals surface area contributed by atoms with E-state index in [2.05, 4.69) is 20.8 Å². The van der Waals surface area contributed by atoms with Crippen molar-refractivity contribution in [2.45, 2.75) is 38.1 Å². The summed E-state index contributed by atoms with van der Waals surface area (Å²) in [6.45, 7) is 2.08. The molecule has 0 radical (unpaired) electrons. The van der Waals surface area contributed by atoms with Gasteiger partial charge in [0.1, 0.15) is 5.82 Å². The number of amides is 1. The summed E-state index contributed by atoms with van der Waals surface area (Å²) in [5.41, 5.74) is 2.40. The molecular weight excluding hydrogens is 397 g/mol. The van der Waals surface area contributed by atoms with Gasteiger partial charge < -0.3 is 10.6 Å². The summed E-state index contributed by atoms with van der Waals surface area (Å²) in [6.07, 6.45) is -3.06. The first-order valence-corrected chi connectivity index (χ1v) is 9.47. The first-order valence-electron chi connectivity index (χ1n) is 9.47. The lowest BCUT2D eigenvalue weighted by Crippen LogP contribution is -2.35. The van der Waals surface area contributed by atoms with Crippen LogP contribution in [0.15, 0.2) is 42.6 Å². The molecule has 30 heavy (non-hydrogen) atoms. The minimum absolute atomic E-state index is 0.0676. The summed E-state index contributed by atoms with van der Waals surface area (Å²) in [7, 11) is 1.79. The molecule has 0 unspecified atom stereocenters. The predicted octanol–water partition coefficient (Wildman–Crippen LogP) is 3.52.